The Kier molecular flexibility index (Phi) is 4.16. The molecule has 2 nitrogen and oxygen atoms in total. The van der Waals surface area contributed by atoms with Gasteiger partial charge in [-0.15, -0.1) is 0 Å². The lowest BCUT2D eigenvalue weighted by Gasteiger charge is -2.52. The third kappa shape index (κ3) is 3.22. The van der Waals surface area contributed by atoms with Gasteiger partial charge in [0.05, 0.1) is 6.10 Å². The Balaban J connectivity index is 1.42. The summed E-state index contributed by atoms with van der Waals surface area (Å²) in [5.41, 5.74) is 0.312. The Bertz CT molecular complexity index is 318. The van der Waals surface area contributed by atoms with Crippen molar-refractivity contribution in [1.82, 2.24) is 5.32 Å². The van der Waals surface area contributed by atoms with Crippen LogP contribution in [0.5, 0.6) is 0 Å². The first-order valence-corrected chi connectivity index (χ1v) is 8.83. The van der Waals surface area contributed by atoms with Crippen molar-refractivity contribution < 1.29 is 4.74 Å². The molecule has 3 rings (SSSR count). The van der Waals surface area contributed by atoms with Crippen LogP contribution in [0.15, 0.2) is 0 Å². The Hall–Kier alpha value is -0.0800. The van der Waals surface area contributed by atoms with E-state index in [1.54, 1.807) is 0 Å². The predicted molar refractivity (Wildman–Crippen MR) is 83.7 cm³/mol. The maximum atomic E-state index is 6.07. The van der Waals surface area contributed by atoms with Crippen LogP contribution in [-0.2, 0) is 4.74 Å². The Labute approximate surface area is 125 Å². The summed E-state index contributed by atoms with van der Waals surface area (Å²) >= 11 is 0. The smallest absolute Gasteiger partial charge is 0.0656 e. The summed E-state index contributed by atoms with van der Waals surface area (Å²) in [6, 6.07) is 0.666. The van der Waals surface area contributed by atoms with Gasteiger partial charge in [0, 0.05) is 18.1 Å². The zero-order valence-electron chi connectivity index (χ0n) is 13.8. The SMILES string of the molecule is CC(C)COC1CC(NCC(C2CC2)C2CC2)C1(C)C. The summed E-state index contributed by atoms with van der Waals surface area (Å²) in [5, 5.41) is 3.89. The maximum Gasteiger partial charge on any atom is 0.0656 e. The van der Waals surface area contributed by atoms with Crippen LogP contribution >= 0.6 is 0 Å². The molecular formula is C18H33NO. The Morgan fingerprint density at radius 1 is 1.10 bits per heavy atom. The molecule has 3 aliphatic rings. The number of hydrogen-bond donors (Lipinski definition) is 1. The zero-order valence-corrected chi connectivity index (χ0v) is 13.8. The van der Waals surface area contributed by atoms with Crippen LogP contribution in [0.25, 0.3) is 0 Å². The fraction of sp³-hybridized carbons (Fsp3) is 1.00. The molecule has 0 amide bonds. The minimum absolute atomic E-state index is 0.312. The molecule has 0 aromatic rings. The number of nitrogens with one attached hydrogen (secondary N) is 1. The van der Waals surface area contributed by atoms with Crippen molar-refractivity contribution >= 4 is 0 Å². The molecule has 1 N–H and O–H groups in total. The minimum atomic E-state index is 0.312. The van der Waals surface area contributed by atoms with E-state index in [2.05, 4.69) is 33.0 Å². The highest BCUT2D eigenvalue weighted by Gasteiger charge is 2.49. The topological polar surface area (TPSA) is 21.3 Å². The molecule has 0 aliphatic heterocycles. The van der Waals surface area contributed by atoms with Gasteiger partial charge in [0.15, 0.2) is 0 Å². The van der Waals surface area contributed by atoms with E-state index in [0.29, 0.717) is 23.5 Å². The van der Waals surface area contributed by atoms with E-state index < -0.39 is 0 Å². The van der Waals surface area contributed by atoms with E-state index in [-0.39, 0.29) is 0 Å². The molecule has 0 spiro atoms. The lowest BCUT2D eigenvalue weighted by Crippen LogP contribution is -2.61. The van der Waals surface area contributed by atoms with Gasteiger partial charge < -0.3 is 10.1 Å². The molecule has 0 radical (unpaired) electrons. The second kappa shape index (κ2) is 5.61. The quantitative estimate of drug-likeness (QED) is 0.728. The number of ether oxygens (including phenoxy) is 1. The minimum Gasteiger partial charge on any atom is -0.377 e. The van der Waals surface area contributed by atoms with Gasteiger partial charge in [0.1, 0.15) is 0 Å². The highest BCUT2D eigenvalue weighted by atomic mass is 16.5. The van der Waals surface area contributed by atoms with Gasteiger partial charge in [-0.25, -0.2) is 0 Å². The molecular weight excluding hydrogens is 246 g/mol. The Morgan fingerprint density at radius 3 is 2.15 bits per heavy atom. The molecule has 0 heterocycles. The molecule has 3 saturated carbocycles. The van der Waals surface area contributed by atoms with Crippen LogP contribution in [-0.4, -0.2) is 25.3 Å². The van der Waals surface area contributed by atoms with Crippen molar-refractivity contribution in [2.45, 2.75) is 71.9 Å². The number of rotatable bonds is 8. The lowest BCUT2D eigenvalue weighted by molar-refractivity contribution is -0.124. The van der Waals surface area contributed by atoms with Crippen LogP contribution in [0, 0.1) is 29.1 Å². The van der Waals surface area contributed by atoms with Crippen molar-refractivity contribution in [1.29, 1.82) is 0 Å². The fourth-order valence-corrected chi connectivity index (χ4v) is 3.87. The molecule has 20 heavy (non-hydrogen) atoms. The van der Waals surface area contributed by atoms with E-state index in [1.807, 2.05) is 0 Å². The molecule has 116 valence electrons. The first kappa shape index (κ1) is 14.8. The maximum absolute atomic E-state index is 6.07. The van der Waals surface area contributed by atoms with Crippen molar-refractivity contribution in [2.24, 2.45) is 29.1 Å². The molecule has 2 atom stereocenters. The predicted octanol–water partition coefficient (Wildman–Crippen LogP) is 3.85. The molecule has 0 saturated heterocycles. The van der Waals surface area contributed by atoms with Crippen molar-refractivity contribution in [2.75, 3.05) is 13.2 Å². The van der Waals surface area contributed by atoms with Crippen LogP contribution in [0.4, 0.5) is 0 Å². The third-order valence-electron chi connectivity index (χ3n) is 5.86. The van der Waals surface area contributed by atoms with Gasteiger partial charge >= 0.3 is 0 Å². The average molecular weight is 279 g/mol. The van der Waals surface area contributed by atoms with Crippen LogP contribution < -0.4 is 5.32 Å². The molecule has 3 fully saturated rings. The lowest BCUT2D eigenvalue weighted by atomic mass is 9.64. The van der Waals surface area contributed by atoms with E-state index in [0.717, 1.165) is 24.4 Å². The van der Waals surface area contributed by atoms with Crippen molar-refractivity contribution in [3.05, 3.63) is 0 Å². The fourth-order valence-electron chi connectivity index (χ4n) is 3.87. The molecule has 0 aromatic heterocycles. The summed E-state index contributed by atoms with van der Waals surface area (Å²) in [7, 11) is 0. The van der Waals surface area contributed by atoms with Crippen LogP contribution in [0.3, 0.4) is 0 Å². The van der Waals surface area contributed by atoms with Gasteiger partial charge in [0.2, 0.25) is 0 Å². The van der Waals surface area contributed by atoms with Crippen LogP contribution in [0.1, 0.15) is 59.8 Å². The van der Waals surface area contributed by atoms with Crippen molar-refractivity contribution in [3.8, 4) is 0 Å². The average Bonchev–Trinajstić information content (AvgIpc) is 3.25. The summed E-state index contributed by atoms with van der Waals surface area (Å²) in [5.74, 6) is 3.76. The van der Waals surface area contributed by atoms with Crippen LogP contribution in [0.2, 0.25) is 0 Å². The molecule has 2 heteroatoms. The van der Waals surface area contributed by atoms with Gasteiger partial charge in [0.25, 0.3) is 0 Å². The molecule has 0 aromatic carbocycles. The van der Waals surface area contributed by atoms with Gasteiger partial charge in [-0.05, 0) is 62.3 Å². The van der Waals surface area contributed by atoms with Gasteiger partial charge in [-0.2, -0.15) is 0 Å². The van der Waals surface area contributed by atoms with E-state index in [9.17, 15) is 0 Å². The van der Waals surface area contributed by atoms with E-state index in [1.165, 1.54) is 38.6 Å². The standard InChI is InChI=1S/C18H33NO/c1-12(2)11-20-17-9-16(18(17,3)4)19-10-15(13-5-6-13)14-7-8-14/h12-17,19H,5-11H2,1-4H3. The van der Waals surface area contributed by atoms with Crippen molar-refractivity contribution in [3.63, 3.8) is 0 Å². The van der Waals surface area contributed by atoms with E-state index in [4.69, 9.17) is 4.74 Å². The molecule has 0 bridgehead atoms. The highest BCUT2D eigenvalue weighted by molar-refractivity contribution is 5.04. The summed E-state index contributed by atoms with van der Waals surface area (Å²) in [4.78, 5) is 0. The highest BCUT2D eigenvalue weighted by Crippen LogP contribution is 2.49. The van der Waals surface area contributed by atoms with E-state index >= 15 is 0 Å². The normalized spacial score (nSPS) is 32.7. The second-order valence-electron chi connectivity index (χ2n) is 8.57. The monoisotopic (exact) mass is 279 g/mol. The first-order valence-electron chi connectivity index (χ1n) is 8.83. The zero-order chi connectivity index (χ0) is 14.3. The molecule has 3 aliphatic carbocycles. The second-order valence-corrected chi connectivity index (χ2v) is 8.57. The van der Waals surface area contributed by atoms with Gasteiger partial charge in [-0.1, -0.05) is 27.7 Å². The molecule has 2 unspecified atom stereocenters. The summed E-state index contributed by atoms with van der Waals surface area (Å²) in [6.07, 6.45) is 7.66. The Morgan fingerprint density at radius 2 is 1.70 bits per heavy atom. The number of hydrogen-bond acceptors (Lipinski definition) is 2. The largest absolute Gasteiger partial charge is 0.377 e. The summed E-state index contributed by atoms with van der Waals surface area (Å²) in [6.45, 7) is 11.4. The summed E-state index contributed by atoms with van der Waals surface area (Å²) < 4.78 is 6.07. The van der Waals surface area contributed by atoms with Gasteiger partial charge in [-0.3, -0.25) is 0 Å². The third-order valence-corrected chi connectivity index (χ3v) is 5.86. The first-order chi connectivity index (χ1) is 9.48.